The number of nitrogens with zero attached hydrogens (tertiary/aromatic N) is 1. The van der Waals surface area contributed by atoms with Crippen molar-refractivity contribution in [3.63, 3.8) is 0 Å². The zero-order valence-corrected chi connectivity index (χ0v) is 8.97. The van der Waals surface area contributed by atoms with Gasteiger partial charge in [0.25, 0.3) is 0 Å². The number of aliphatic carboxylic acids is 1. The molecule has 0 spiro atoms. The van der Waals surface area contributed by atoms with E-state index < -0.39 is 5.97 Å². The molecule has 0 radical (unpaired) electrons. The summed E-state index contributed by atoms with van der Waals surface area (Å²) in [5.41, 5.74) is 1.31. The Bertz CT molecular complexity index is 614. The molecule has 17 heavy (non-hydrogen) atoms. The molecule has 0 aliphatic rings. The van der Waals surface area contributed by atoms with Crippen molar-refractivity contribution in [2.75, 3.05) is 11.9 Å². The van der Waals surface area contributed by atoms with Gasteiger partial charge < -0.3 is 10.4 Å². The van der Waals surface area contributed by atoms with Gasteiger partial charge in [-0.15, -0.1) is 0 Å². The van der Waals surface area contributed by atoms with Crippen LogP contribution in [0.5, 0.6) is 0 Å². The number of carboxylic acid groups (broad SMARTS) is 1. The van der Waals surface area contributed by atoms with Crippen LogP contribution in [0.3, 0.4) is 0 Å². The first-order valence-corrected chi connectivity index (χ1v) is 5.10. The van der Waals surface area contributed by atoms with E-state index in [2.05, 4.69) is 11.4 Å². The van der Waals surface area contributed by atoms with E-state index in [0.717, 1.165) is 16.5 Å². The Balaban J connectivity index is 2.52. The molecule has 0 saturated carbocycles. The molecule has 0 bridgehead atoms. The van der Waals surface area contributed by atoms with Crippen molar-refractivity contribution in [1.29, 1.82) is 5.26 Å². The highest BCUT2D eigenvalue weighted by molar-refractivity contribution is 5.98. The van der Waals surface area contributed by atoms with E-state index in [1.807, 2.05) is 24.3 Å². The molecule has 0 amide bonds. The van der Waals surface area contributed by atoms with Crippen molar-refractivity contribution in [3.8, 4) is 6.07 Å². The summed E-state index contributed by atoms with van der Waals surface area (Å²) in [6.07, 6.45) is 0. The lowest BCUT2D eigenvalue weighted by atomic mass is 10.0. The molecule has 0 aromatic heterocycles. The number of nitrogens with one attached hydrogen (secondary N) is 1. The number of fused-ring (bicyclic) bond motifs is 1. The largest absolute Gasteiger partial charge is 0.480 e. The highest BCUT2D eigenvalue weighted by Gasteiger charge is 2.05. The lowest BCUT2D eigenvalue weighted by Gasteiger charge is -2.08. The fourth-order valence-corrected chi connectivity index (χ4v) is 1.72. The Kier molecular flexibility index (Phi) is 2.93. The Morgan fingerprint density at radius 1 is 1.24 bits per heavy atom. The van der Waals surface area contributed by atoms with Crippen LogP contribution in [0.15, 0.2) is 36.4 Å². The summed E-state index contributed by atoms with van der Waals surface area (Å²) in [5, 5.41) is 22.1. The van der Waals surface area contributed by atoms with Crippen LogP contribution in [-0.2, 0) is 4.79 Å². The Morgan fingerprint density at radius 2 is 1.94 bits per heavy atom. The molecule has 0 unspecified atom stereocenters. The van der Waals surface area contributed by atoms with Crippen LogP contribution in [-0.4, -0.2) is 17.6 Å². The molecule has 2 aromatic carbocycles. The number of hydrogen-bond donors (Lipinski definition) is 2. The Labute approximate surface area is 98.1 Å². The van der Waals surface area contributed by atoms with E-state index in [9.17, 15) is 4.79 Å². The quantitative estimate of drug-likeness (QED) is 0.841. The number of nitriles is 1. The van der Waals surface area contributed by atoms with Gasteiger partial charge in [-0.1, -0.05) is 24.3 Å². The third kappa shape index (κ3) is 2.18. The molecule has 0 aliphatic heterocycles. The van der Waals surface area contributed by atoms with Crippen molar-refractivity contribution in [2.24, 2.45) is 0 Å². The van der Waals surface area contributed by atoms with E-state index in [1.54, 1.807) is 12.1 Å². The number of carboxylic acids is 1. The van der Waals surface area contributed by atoms with Gasteiger partial charge in [0.05, 0.1) is 11.6 Å². The van der Waals surface area contributed by atoms with Gasteiger partial charge in [0.2, 0.25) is 0 Å². The normalized spacial score (nSPS) is 9.82. The first-order chi connectivity index (χ1) is 8.22. The minimum Gasteiger partial charge on any atom is -0.480 e. The van der Waals surface area contributed by atoms with Crippen molar-refractivity contribution < 1.29 is 9.90 Å². The van der Waals surface area contributed by atoms with Gasteiger partial charge in [0.15, 0.2) is 0 Å². The van der Waals surface area contributed by atoms with E-state index in [0.29, 0.717) is 5.56 Å². The topological polar surface area (TPSA) is 73.1 Å². The summed E-state index contributed by atoms with van der Waals surface area (Å²) in [6.45, 7) is -0.143. The molecule has 4 heteroatoms. The van der Waals surface area contributed by atoms with Crippen LogP contribution in [0.25, 0.3) is 10.8 Å². The molecule has 0 aliphatic carbocycles. The number of hydrogen-bond acceptors (Lipinski definition) is 3. The first kappa shape index (κ1) is 11.0. The number of benzene rings is 2. The standard InChI is InChI=1S/C13H10N2O2/c14-7-9-5-6-12(15-8-13(16)17)11-4-2-1-3-10(9)11/h1-6,15H,8H2,(H,16,17). The molecule has 2 rings (SSSR count). The zero-order valence-electron chi connectivity index (χ0n) is 8.97. The number of rotatable bonds is 3. The minimum absolute atomic E-state index is 0.143. The average molecular weight is 226 g/mol. The second kappa shape index (κ2) is 4.54. The summed E-state index contributed by atoms with van der Waals surface area (Å²) in [7, 11) is 0. The first-order valence-electron chi connectivity index (χ1n) is 5.10. The molecule has 2 N–H and O–H groups in total. The zero-order chi connectivity index (χ0) is 12.3. The number of carbonyl (C=O) groups is 1. The predicted molar refractivity (Wildman–Crippen MR) is 64.8 cm³/mol. The third-order valence-electron chi connectivity index (χ3n) is 2.47. The molecule has 0 heterocycles. The monoisotopic (exact) mass is 226 g/mol. The highest BCUT2D eigenvalue weighted by atomic mass is 16.4. The van der Waals surface area contributed by atoms with Crippen LogP contribution in [0.1, 0.15) is 5.56 Å². The van der Waals surface area contributed by atoms with Crippen LogP contribution in [0.4, 0.5) is 5.69 Å². The predicted octanol–water partition coefficient (Wildman–Crippen LogP) is 2.21. The number of anilines is 1. The lowest BCUT2D eigenvalue weighted by molar-refractivity contribution is -0.134. The molecule has 84 valence electrons. The summed E-state index contributed by atoms with van der Waals surface area (Å²) >= 11 is 0. The van der Waals surface area contributed by atoms with E-state index in [-0.39, 0.29) is 6.54 Å². The smallest absolute Gasteiger partial charge is 0.322 e. The van der Waals surface area contributed by atoms with Gasteiger partial charge >= 0.3 is 5.97 Å². The van der Waals surface area contributed by atoms with Gasteiger partial charge in [-0.05, 0) is 12.1 Å². The van der Waals surface area contributed by atoms with Crippen molar-refractivity contribution in [2.45, 2.75) is 0 Å². The molecule has 0 fully saturated rings. The summed E-state index contributed by atoms with van der Waals surface area (Å²) < 4.78 is 0. The van der Waals surface area contributed by atoms with Crippen molar-refractivity contribution >= 4 is 22.4 Å². The summed E-state index contributed by atoms with van der Waals surface area (Å²) in [6, 6.07) is 12.9. The molecular weight excluding hydrogens is 216 g/mol. The lowest BCUT2D eigenvalue weighted by Crippen LogP contribution is -2.12. The van der Waals surface area contributed by atoms with Crippen molar-refractivity contribution in [3.05, 3.63) is 42.0 Å². The van der Waals surface area contributed by atoms with Gasteiger partial charge in [0, 0.05) is 16.5 Å². The van der Waals surface area contributed by atoms with Gasteiger partial charge in [0.1, 0.15) is 6.54 Å². The van der Waals surface area contributed by atoms with Crippen LogP contribution < -0.4 is 5.32 Å². The molecular formula is C13H10N2O2. The maximum Gasteiger partial charge on any atom is 0.322 e. The minimum atomic E-state index is -0.918. The van der Waals surface area contributed by atoms with Gasteiger partial charge in [-0.2, -0.15) is 5.26 Å². The summed E-state index contributed by atoms with van der Waals surface area (Å²) in [4.78, 5) is 10.5. The molecule has 2 aromatic rings. The van der Waals surface area contributed by atoms with E-state index >= 15 is 0 Å². The molecule has 4 nitrogen and oxygen atoms in total. The second-order valence-electron chi connectivity index (χ2n) is 3.57. The molecule has 0 saturated heterocycles. The Hall–Kier alpha value is -2.54. The molecule has 0 atom stereocenters. The third-order valence-corrected chi connectivity index (χ3v) is 2.47. The average Bonchev–Trinajstić information content (AvgIpc) is 2.35. The van der Waals surface area contributed by atoms with Crippen molar-refractivity contribution in [1.82, 2.24) is 0 Å². The maximum absolute atomic E-state index is 10.5. The highest BCUT2D eigenvalue weighted by Crippen LogP contribution is 2.26. The maximum atomic E-state index is 10.5. The fourth-order valence-electron chi connectivity index (χ4n) is 1.72. The van der Waals surface area contributed by atoms with Gasteiger partial charge in [-0.3, -0.25) is 4.79 Å². The van der Waals surface area contributed by atoms with Crippen LogP contribution in [0, 0.1) is 11.3 Å². The van der Waals surface area contributed by atoms with E-state index in [4.69, 9.17) is 10.4 Å². The van der Waals surface area contributed by atoms with Crippen LogP contribution in [0.2, 0.25) is 0 Å². The van der Waals surface area contributed by atoms with Crippen LogP contribution >= 0.6 is 0 Å². The SMILES string of the molecule is N#Cc1ccc(NCC(=O)O)c2ccccc12. The fraction of sp³-hybridized carbons (Fsp3) is 0.0769. The van der Waals surface area contributed by atoms with E-state index in [1.165, 1.54) is 0 Å². The second-order valence-corrected chi connectivity index (χ2v) is 3.57. The Morgan fingerprint density at radius 3 is 2.59 bits per heavy atom. The summed E-state index contributed by atoms with van der Waals surface area (Å²) in [5.74, 6) is -0.918. The van der Waals surface area contributed by atoms with Gasteiger partial charge in [-0.25, -0.2) is 0 Å².